The number of likely N-dealkylation sites (tertiary alicyclic amines) is 1. The van der Waals surface area contributed by atoms with Crippen molar-refractivity contribution in [1.29, 1.82) is 0 Å². The quantitative estimate of drug-likeness (QED) is 0.748. The molecular formula is C20H27N3O5. The van der Waals surface area contributed by atoms with Crippen LogP contribution in [0.25, 0.3) is 0 Å². The smallest absolute Gasteiger partial charge is 0.308 e. The van der Waals surface area contributed by atoms with Gasteiger partial charge in [0.2, 0.25) is 5.91 Å². The molecule has 1 aromatic rings. The molecule has 2 N–H and O–H groups in total. The first-order chi connectivity index (χ1) is 13.4. The summed E-state index contributed by atoms with van der Waals surface area (Å²) in [5.41, 5.74) is 1.54. The van der Waals surface area contributed by atoms with Gasteiger partial charge in [-0.2, -0.15) is 0 Å². The van der Waals surface area contributed by atoms with E-state index >= 15 is 0 Å². The molecule has 8 heteroatoms. The molecule has 1 aliphatic heterocycles. The highest BCUT2D eigenvalue weighted by molar-refractivity contribution is 5.96. The topological polar surface area (TPSA) is 111 Å². The van der Waals surface area contributed by atoms with E-state index in [1.54, 1.807) is 6.07 Å². The lowest BCUT2D eigenvalue weighted by Gasteiger charge is -2.32. The summed E-state index contributed by atoms with van der Waals surface area (Å²) >= 11 is 0. The second-order valence-corrected chi connectivity index (χ2v) is 7.75. The van der Waals surface area contributed by atoms with E-state index in [4.69, 9.17) is 5.11 Å². The molecular weight excluding hydrogens is 362 g/mol. The lowest BCUT2D eigenvalue weighted by atomic mass is 9.98. The number of hydrogen-bond donors (Lipinski definition) is 2. The van der Waals surface area contributed by atoms with E-state index in [1.165, 1.54) is 16.8 Å². The average molecular weight is 389 g/mol. The van der Waals surface area contributed by atoms with Gasteiger partial charge in [-0.15, -0.1) is 0 Å². The number of likely N-dealkylation sites (N-methyl/N-ethyl adjacent to an activating group) is 1. The van der Waals surface area contributed by atoms with E-state index in [-0.39, 0.29) is 24.6 Å². The number of aromatic nitrogens is 1. The maximum atomic E-state index is 12.8. The summed E-state index contributed by atoms with van der Waals surface area (Å²) in [6, 6.07) is 1.67. The van der Waals surface area contributed by atoms with Crippen molar-refractivity contribution >= 4 is 17.8 Å². The Morgan fingerprint density at radius 3 is 2.71 bits per heavy atom. The Morgan fingerprint density at radius 1 is 1.21 bits per heavy atom. The number of carboxylic acid groups (broad SMARTS) is 1. The molecule has 8 nitrogen and oxygen atoms in total. The molecule has 1 unspecified atom stereocenters. The van der Waals surface area contributed by atoms with Crippen LogP contribution in [0.4, 0.5) is 0 Å². The molecule has 152 valence electrons. The van der Waals surface area contributed by atoms with Crippen molar-refractivity contribution in [3.8, 4) is 0 Å². The first-order valence-electron chi connectivity index (χ1n) is 9.88. The zero-order valence-corrected chi connectivity index (χ0v) is 16.2. The number of H-pyrrole nitrogens is 1. The number of pyridine rings is 1. The van der Waals surface area contributed by atoms with Crippen LogP contribution < -0.4 is 5.56 Å². The van der Waals surface area contributed by atoms with Crippen molar-refractivity contribution in [3.63, 3.8) is 0 Å². The van der Waals surface area contributed by atoms with Gasteiger partial charge in [-0.25, -0.2) is 0 Å². The number of rotatable bonds is 4. The first kappa shape index (κ1) is 20.1. The molecule has 1 fully saturated rings. The van der Waals surface area contributed by atoms with Crippen LogP contribution in [0.2, 0.25) is 0 Å². The predicted molar refractivity (Wildman–Crippen MR) is 102 cm³/mol. The van der Waals surface area contributed by atoms with Gasteiger partial charge in [0.1, 0.15) is 5.56 Å². The normalized spacial score (nSPS) is 19.5. The van der Waals surface area contributed by atoms with Gasteiger partial charge in [-0.3, -0.25) is 19.2 Å². The summed E-state index contributed by atoms with van der Waals surface area (Å²) in [5, 5.41) is 9.16. The third-order valence-electron chi connectivity index (χ3n) is 5.66. The molecule has 1 aromatic heterocycles. The Bertz CT molecular complexity index is 832. The molecule has 1 atom stereocenters. The number of aliphatic carboxylic acids is 1. The second-order valence-electron chi connectivity index (χ2n) is 7.75. The maximum Gasteiger partial charge on any atom is 0.308 e. The standard InChI is InChI=1S/C20H27N3O5/c1-22(12-17(24)23-9-5-7-14(11-23)20(27)28)19(26)15-10-13-6-3-2-4-8-16(13)21-18(15)25/h10,14H,2-9,11-12H2,1H3,(H,21,25)(H,27,28). The number of nitrogens with one attached hydrogen (secondary N) is 1. The summed E-state index contributed by atoms with van der Waals surface area (Å²) in [4.78, 5) is 54.4. The summed E-state index contributed by atoms with van der Waals surface area (Å²) in [7, 11) is 1.49. The number of nitrogens with zero attached hydrogens (tertiary/aromatic N) is 2. The molecule has 2 heterocycles. The molecule has 2 amide bonds. The van der Waals surface area contributed by atoms with E-state index in [2.05, 4.69) is 4.98 Å². The molecule has 0 radical (unpaired) electrons. The number of fused-ring (bicyclic) bond motifs is 1. The highest BCUT2D eigenvalue weighted by Gasteiger charge is 2.29. The Labute approximate surface area is 163 Å². The van der Waals surface area contributed by atoms with Gasteiger partial charge in [-0.05, 0) is 50.2 Å². The molecule has 1 aliphatic carbocycles. The molecule has 2 aliphatic rings. The predicted octanol–water partition coefficient (Wildman–Crippen LogP) is 1.04. The number of carboxylic acids is 1. The van der Waals surface area contributed by atoms with Crippen LogP contribution in [-0.2, 0) is 22.4 Å². The summed E-state index contributed by atoms with van der Waals surface area (Å²) in [6.45, 7) is 0.474. The van der Waals surface area contributed by atoms with Crippen LogP contribution in [0.3, 0.4) is 0 Å². The number of amides is 2. The number of piperidine rings is 1. The van der Waals surface area contributed by atoms with Gasteiger partial charge in [0.25, 0.3) is 11.5 Å². The van der Waals surface area contributed by atoms with Crippen molar-refractivity contribution in [2.45, 2.75) is 44.9 Å². The summed E-state index contributed by atoms with van der Waals surface area (Å²) in [5.74, 6) is -2.26. The summed E-state index contributed by atoms with van der Waals surface area (Å²) in [6.07, 6.45) is 5.98. The Balaban J connectivity index is 1.69. The number of carbonyl (C=O) groups is 3. The lowest BCUT2D eigenvalue weighted by Crippen LogP contribution is -2.47. The van der Waals surface area contributed by atoms with Gasteiger partial charge in [-0.1, -0.05) is 6.42 Å². The van der Waals surface area contributed by atoms with E-state index < -0.39 is 23.4 Å². The minimum atomic E-state index is -0.904. The van der Waals surface area contributed by atoms with Crippen molar-refractivity contribution in [2.24, 2.45) is 5.92 Å². The molecule has 0 bridgehead atoms. The maximum absolute atomic E-state index is 12.8. The minimum Gasteiger partial charge on any atom is -0.481 e. The van der Waals surface area contributed by atoms with Gasteiger partial charge in [0, 0.05) is 25.8 Å². The van der Waals surface area contributed by atoms with Gasteiger partial charge >= 0.3 is 5.97 Å². The highest BCUT2D eigenvalue weighted by Crippen LogP contribution is 2.19. The van der Waals surface area contributed by atoms with Gasteiger partial charge < -0.3 is 19.9 Å². The number of hydrogen-bond acceptors (Lipinski definition) is 4. The van der Waals surface area contributed by atoms with Crippen molar-refractivity contribution in [2.75, 3.05) is 26.7 Å². The van der Waals surface area contributed by atoms with Gasteiger partial charge in [0.15, 0.2) is 0 Å². The number of aryl methyl sites for hydroxylation is 2. The van der Waals surface area contributed by atoms with E-state index in [0.717, 1.165) is 43.4 Å². The van der Waals surface area contributed by atoms with Crippen LogP contribution in [0, 0.1) is 5.92 Å². The Morgan fingerprint density at radius 2 is 1.96 bits per heavy atom. The Hall–Kier alpha value is -2.64. The fourth-order valence-electron chi connectivity index (χ4n) is 4.00. The third-order valence-corrected chi connectivity index (χ3v) is 5.66. The zero-order valence-electron chi connectivity index (χ0n) is 16.2. The first-order valence-corrected chi connectivity index (χ1v) is 9.88. The molecule has 0 spiro atoms. The van der Waals surface area contributed by atoms with Crippen LogP contribution >= 0.6 is 0 Å². The molecule has 1 saturated heterocycles. The molecule has 0 saturated carbocycles. The minimum absolute atomic E-state index is 0.0537. The Kier molecular flexibility index (Phi) is 6.16. The molecule has 3 rings (SSSR count). The van der Waals surface area contributed by atoms with Crippen molar-refractivity contribution < 1.29 is 19.5 Å². The van der Waals surface area contributed by atoms with Crippen molar-refractivity contribution in [1.82, 2.24) is 14.8 Å². The molecule has 0 aromatic carbocycles. The van der Waals surface area contributed by atoms with Crippen LogP contribution in [0.1, 0.15) is 53.7 Å². The molecule has 28 heavy (non-hydrogen) atoms. The second kappa shape index (κ2) is 8.58. The number of aromatic amines is 1. The average Bonchev–Trinajstić information content (AvgIpc) is 2.91. The largest absolute Gasteiger partial charge is 0.481 e. The monoisotopic (exact) mass is 389 g/mol. The zero-order chi connectivity index (χ0) is 20.3. The van der Waals surface area contributed by atoms with Crippen LogP contribution in [0.5, 0.6) is 0 Å². The lowest BCUT2D eigenvalue weighted by molar-refractivity contribution is -0.145. The SMILES string of the molecule is CN(CC(=O)N1CCCC(C(=O)O)C1)C(=O)c1cc2c([nH]c1=O)CCCCC2. The van der Waals surface area contributed by atoms with Crippen molar-refractivity contribution in [3.05, 3.63) is 33.2 Å². The number of carbonyl (C=O) groups excluding carboxylic acids is 2. The van der Waals surface area contributed by atoms with Gasteiger partial charge in [0.05, 0.1) is 12.5 Å². The van der Waals surface area contributed by atoms with E-state index in [1.807, 2.05) is 0 Å². The highest BCUT2D eigenvalue weighted by atomic mass is 16.4. The fourth-order valence-corrected chi connectivity index (χ4v) is 4.00. The van der Waals surface area contributed by atoms with E-state index in [0.29, 0.717) is 19.4 Å². The van der Waals surface area contributed by atoms with Crippen LogP contribution in [0.15, 0.2) is 10.9 Å². The fraction of sp³-hybridized carbons (Fsp3) is 0.600. The summed E-state index contributed by atoms with van der Waals surface area (Å²) < 4.78 is 0. The van der Waals surface area contributed by atoms with Crippen LogP contribution in [-0.4, -0.2) is 64.4 Å². The van der Waals surface area contributed by atoms with E-state index in [9.17, 15) is 19.2 Å². The third kappa shape index (κ3) is 4.43.